The van der Waals surface area contributed by atoms with Gasteiger partial charge >= 0.3 is 0 Å². The van der Waals surface area contributed by atoms with Crippen LogP contribution in [0.5, 0.6) is 0 Å². The van der Waals surface area contributed by atoms with Gasteiger partial charge in [-0.3, -0.25) is 9.69 Å². The summed E-state index contributed by atoms with van der Waals surface area (Å²) in [5.41, 5.74) is 4.28. The number of anilines is 3. The Labute approximate surface area is 193 Å². The monoisotopic (exact) mass is 447 g/mol. The molecule has 172 valence electrons. The Kier molecular flexibility index (Phi) is 9.50. The van der Waals surface area contributed by atoms with Crippen LogP contribution in [0.15, 0.2) is 73.1 Å². The lowest BCUT2D eigenvalue weighted by Gasteiger charge is -2.22. The van der Waals surface area contributed by atoms with E-state index in [0.29, 0.717) is 24.5 Å². The van der Waals surface area contributed by atoms with Gasteiger partial charge in [-0.1, -0.05) is 49.2 Å². The van der Waals surface area contributed by atoms with Crippen LogP contribution in [0.1, 0.15) is 36.0 Å². The number of para-hydroxylation sites is 2. The van der Waals surface area contributed by atoms with Gasteiger partial charge in [0.15, 0.2) is 0 Å². The predicted octanol–water partition coefficient (Wildman–Crippen LogP) is 4.03. The Morgan fingerprint density at radius 1 is 0.939 bits per heavy atom. The highest BCUT2D eigenvalue weighted by atomic mass is 16.5. The van der Waals surface area contributed by atoms with Gasteiger partial charge < -0.3 is 15.3 Å². The lowest BCUT2D eigenvalue weighted by atomic mass is 10.0. The largest absolute Gasteiger partial charge is 0.352 e. The van der Waals surface area contributed by atoms with Crippen LogP contribution in [-0.4, -0.2) is 40.5 Å². The van der Waals surface area contributed by atoms with E-state index in [-0.39, 0.29) is 18.4 Å². The highest BCUT2D eigenvalue weighted by Gasteiger charge is 2.15. The molecular formula is C25H29N5O3. The van der Waals surface area contributed by atoms with Gasteiger partial charge in [-0.2, -0.15) is 0 Å². The minimum atomic E-state index is -0.220. The van der Waals surface area contributed by atoms with Crippen LogP contribution in [0, 0.1) is 5.92 Å². The molecule has 3 rings (SSSR count). The molecule has 0 aliphatic heterocycles. The molecule has 0 bridgehead atoms. The molecule has 0 aliphatic carbocycles. The van der Waals surface area contributed by atoms with Crippen LogP contribution in [0.3, 0.4) is 0 Å². The summed E-state index contributed by atoms with van der Waals surface area (Å²) in [6.45, 7) is 0.799. The summed E-state index contributed by atoms with van der Waals surface area (Å²) in [5, 5.41) is 11.6. The lowest BCUT2D eigenvalue weighted by molar-refractivity contribution is -0.111. The molecule has 2 aromatic carbocycles. The Bertz CT molecular complexity index is 944. The Morgan fingerprint density at radius 2 is 1.55 bits per heavy atom. The van der Waals surface area contributed by atoms with Crippen LogP contribution in [0.25, 0.3) is 0 Å². The highest BCUT2D eigenvalue weighted by molar-refractivity contribution is 5.93. The summed E-state index contributed by atoms with van der Waals surface area (Å²) in [6.07, 6.45) is 7.17. The van der Waals surface area contributed by atoms with Crippen molar-refractivity contribution in [2.75, 3.05) is 18.0 Å². The molecule has 0 aliphatic rings. The summed E-state index contributed by atoms with van der Waals surface area (Å²) in [5.74, 6) is 0.0698. The average Bonchev–Trinajstić information content (AvgIpc) is 2.87. The van der Waals surface area contributed by atoms with E-state index in [2.05, 4.69) is 15.3 Å². The molecule has 3 aromatic rings. The minimum absolute atomic E-state index is 0.188. The van der Waals surface area contributed by atoms with Gasteiger partial charge in [0.2, 0.25) is 5.95 Å². The second-order valence-electron chi connectivity index (χ2n) is 7.64. The number of aromatic nitrogens is 2. The molecule has 33 heavy (non-hydrogen) atoms. The average molecular weight is 448 g/mol. The maximum atomic E-state index is 12.5. The SMILES string of the molecule is O=CC(CCCCCNC(=O)c1cnc(N(c2ccccc2)c2ccccc2)nc1)CNO. The van der Waals surface area contributed by atoms with Crippen molar-refractivity contribution in [1.29, 1.82) is 0 Å². The number of hydrogen-bond acceptors (Lipinski definition) is 7. The number of benzene rings is 2. The molecular weight excluding hydrogens is 418 g/mol. The van der Waals surface area contributed by atoms with Crippen molar-refractivity contribution in [1.82, 2.24) is 20.8 Å². The number of hydroxylamine groups is 1. The number of amides is 1. The number of carbonyl (C=O) groups is 2. The third kappa shape index (κ3) is 7.20. The first-order valence-corrected chi connectivity index (χ1v) is 11.1. The molecule has 1 aromatic heterocycles. The summed E-state index contributed by atoms with van der Waals surface area (Å²) in [7, 11) is 0. The van der Waals surface area contributed by atoms with E-state index in [0.717, 1.165) is 36.9 Å². The lowest BCUT2D eigenvalue weighted by Crippen LogP contribution is -2.25. The number of nitrogens with one attached hydrogen (secondary N) is 2. The number of rotatable bonds is 13. The fraction of sp³-hybridized carbons (Fsp3) is 0.280. The smallest absolute Gasteiger partial charge is 0.254 e. The fourth-order valence-corrected chi connectivity index (χ4v) is 3.44. The van der Waals surface area contributed by atoms with E-state index in [1.165, 1.54) is 12.4 Å². The van der Waals surface area contributed by atoms with Crippen molar-refractivity contribution in [3.8, 4) is 0 Å². The minimum Gasteiger partial charge on any atom is -0.352 e. The van der Waals surface area contributed by atoms with E-state index in [4.69, 9.17) is 5.21 Å². The number of hydrogen-bond donors (Lipinski definition) is 3. The van der Waals surface area contributed by atoms with E-state index >= 15 is 0 Å². The van der Waals surface area contributed by atoms with Crippen molar-refractivity contribution in [3.63, 3.8) is 0 Å². The van der Waals surface area contributed by atoms with E-state index < -0.39 is 0 Å². The Hall–Kier alpha value is -3.62. The van der Waals surface area contributed by atoms with E-state index in [1.54, 1.807) is 0 Å². The molecule has 1 heterocycles. The van der Waals surface area contributed by atoms with Crippen LogP contribution in [0.4, 0.5) is 17.3 Å². The van der Waals surface area contributed by atoms with Crippen LogP contribution in [0.2, 0.25) is 0 Å². The van der Waals surface area contributed by atoms with Crippen molar-refractivity contribution in [3.05, 3.63) is 78.6 Å². The summed E-state index contributed by atoms with van der Waals surface area (Å²) in [4.78, 5) is 34.2. The van der Waals surface area contributed by atoms with Gasteiger partial charge in [0.1, 0.15) is 6.29 Å². The maximum absolute atomic E-state index is 12.5. The molecule has 8 heteroatoms. The Morgan fingerprint density at radius 3 is 2.09 bits per heavy atom. The van der Waals surface area contributed by atoms with Crippen molar-refractivity contribution < 1.29 is 14.8 Å². The van der Waals surface area contributed by atoms with Gasteiger partial charge in [-0.05, 0) is 37.1 Å². The van der Waals surface area contributed by atoms with E-state index in [1.807, 2.05) is 71.0 Å². The Balaban J connectivity index is 1.55. The molecule has 0 fully saturated rings. The van der Waals surface area contributed by atoms with Gasteiger partial charge in [0.25, 0.3) is 5.91 Å². The zero-order valence-corrected chi connectivity index (χ0v) is 18.4. The maximum Gasteiger partial charge on any atom is 0.254 e. The van der Waals surface area contributed by atoms with Crippen molar-refractivity contribution >= 4 is 29.5 Å². The highest BCUT2D eigenvalue weighted by Crippen LogP contribution is 2.31. The quantitative estimate of drug-likeness (QED) is 0.206. The number of nitrogens with zero attached hydrogens (tertiary/aromatic N) is 3. The first-order chi connectivity index (χ1) is 16.2. The van der Waals surface area contributed by atoms with Gasteiger partial charge in [0, 0.05) is 42.8 Å². The topological polar surface area (TPSA) is 107 Å². The van der Waals surface area contributed by atoms with Gasteiger partial charge in [-0.15, -0.1) is 0 Å². The van der Waals surface area contributed by atoms with Gasteiger partial charge in [-0.25, -0.2) is 15.4 Å². The molecule has 0 spiro atoms. The normalized spacial score (nSPS) is 11.5. The van der Waals surface area contributed by atoms with Crippen LogP contribution in [-0.2, 0) is 4.79 Å². The summed E-state index contributed by atoms with van der Waals surface area (Å²) in [6, 6.07) is 19.6. The fourth-order valence-electron chi connectivity index (χ4n) is 3.44. The third-order valence-electron chi connectivity index (χ3n) is 5.21. The molecule has 1 unspecified atom stereocenters. The first kappa shape index (κ1) is 24.0. The number of carbonyl (C=O) groups excluding carboxylic acids is 2. The molecule has 0 radical (unpaired) electrons. The summed E-state index contributed by atoms with van der Waals surface area (Å²) < 4.78 is 0. The van der Waals surface area contributed by atoms with E-state index in [9.17, 15) is 9.59 Å². The molecule has 0 saturated carbocycles. The van der Waals surface area contributed by atoms with Gasteiger partial charge in [0.05, 0.1) is 5.56 Å². The van der Waals surface area contributed by atoms with Crippen molar-refractivity contribution in [2.45, 2.75) is 25.7 Å². The first-order valence-electron chi connectivity index (χ1n) is 11.1. The van der Waals surface area contributed by atoms with Crippen LogP contribution >= 0.6 is 0 Å². The predicted molar refractivity (Wildman–Crippen MR) is 127 cm³/mol. The standard InChI is InChI=1S/C25H29N5O3/c31-19-20(16-29-33)10-4-3-9-15-26-24(32)21-17-27-25(28-18-21)30(22-11-5-1-6-12-22)23-13-7-2-8-14-23/h1-2,5-8,11-14,17-20,29,33H,3-4,9-10,15-16H2,(H,26,32). The zero-order chi connectivity index (χ0) is 23.3. The second-order valence-corrected chi connectivity index (χ2v) is 7.64. The summed E-state index contributed by atoms with van der Waals surface area (Å²) >= 11 is 0. The molecule has 1 amide bonds. The zero-order valence-electron chi connectivity index (χ0n) is 18.4. The number of aldehydes is 1. The van der Waals surface area contributed by atoms with Crippen molar-refractivity contribution in [2.24, 2.45) is 5.92 Å². The molecule has 1 atom stereocenters. The molecule has 8 nitrogen and oxygen atoms in total. The third-order valence-corrected chi connectivity index (χ3v) is 5.21. The van der Waals surface area contributed by atoms with Crippen LogP contribution < -0.4 is 15.7 Å². The molecule has 0 saturated heterocycles. The molecule has 3 N–H and O–H groups in total. The second kappa shape index (κ2) is 13.0. The number of unbranched alkanes of at least 4 members (excludes halogenated alkanes) is 2.